The minimum atomic E-state index is 0.801. The van der Waals surface area contributed by atoms with Gasteiger partial charge in [-0.3, -0.25) is 0 Å². The molecule has 0 bridgehead atoms. The summed E-state index contributed by atoms with van der Waals surface area (Å²) in [7, 11) is 1.76. The van der Waals surface area contributed by atoms with Crippen molar-refractivity contribution in [2.75, 3.05) is 13.7 Å². The summed E-state index contributed by atoms with van der Waals surface area (Å²) in [5.41, 5.74) is 1.62. The first kappa shape index (κ1) is 8.79. The molecular weight excluding hydrogens is 136 g/mol. The normalized spacial score (nSPS) is 19.5. The second kappa shape index (κ2) is 5.36. The molecule has 0 atom stereocenters. The molecule has 0 aromatic carbocycles. The monoisotopic (exact) mass is 154 g/mol. The second-order valence-corrected chi connectivity index (χ2v) is 3.23. The van der Waals surface area contributed by atoms with E-state index in [0.29, 0.717) is 0 Å². The van der Waals surface area contributed by atoms with Gasteiger partial charge in [-0.05, 0) is 25.7 Å². The van der Waals surface area contributed by atoms with Crippen LogP contribution in [0.2, 0.25) is 0 Å². The molecule has 0 aliphatic heterocycles. The molecule has 11 heavy (non-hydrogen) atoms. The molecule has 1 nitrogen and oxygen atoms in total. The zero-order valence-electron chi connectivity index (χ0n) is 7.44. The molecule has 0 unspecified atom stereocenters. The van der Waals surface area contributed by atoms with Gasteiger partial charge in [-0.15, -0.1) is 0 Å². The first-order chi connectivity index (χ1) is 5.43. The Morgan fingerprint density at radius 1 is 1.18 bits per heavy atom. The van der Waals surface area contributed by atoms with Gasteiger partial charge < -0.3 is 4.74 Å². The average Bonchev–Trinajstić information content (AvgIpc) is 2.28. The van der Waals surface area contributed by atoms with E-state index in [2.05, 4.69) is 6.08 Å². The van der Waals surface area contributed by atoms with E-state index in [4.69, 9.17) is 4.74 Å². The van der Waals surface area contributed by atoms with Gasteiger partial charge >= 0.3 is 0 Å². The van der Waals surface area contributed by atoms with Gasteiger partial charge in [0.1, 0.15) is 0 Å². The fourth-order valence-electron chi connectivity index (χ4n) is 1.59. The van der Waals surface area contributed by atoms with Crippen LogP contribution < -0.4 is 0 Å². The zero-order chi connectivity index (χ0) is 7.94. The van der Waals surface area contributed by atoms with E-state index in [9.17, 15) is 0 Å². The molecule has 1 aliphatic carbocycles. The molecule has 1 aliphatic rings. The topological polar surface area (TPSA) is 9.23 Å². The molecule has 0 saturated heterocycles. The van der Waals surface area contributed by atoms with E-state index < -0.39 is 0 Å². The lowest BCUT2D eigenvalue weighted by Gasteiger charge is -2.00. The first-order valence-corrected chi connectivity index (χ1v) is 4.60. The largest absolute Gasteiger partial charge is 0.381 e. The van der Waals surface area contributed by atoms with Crippen LogP contribution in [0, 0.1) is 0 Å². The molecule has 64 valence electrons. The molecule has 1 heteroatoms. The Morgan fingerprint density at radius 3 is 2.36 bits per heavy atom. The van der Waals surface area contributed by atoms with E-state index >= 15 is 0 Å². The van der Waals surface area contributed by atoms with Crippen LogP contribution >= 0.6 is 0 Å². The van der Waals surface area contributed by atoms with Crippen molar-refractivity contribution in [2.45, 2.75) is 38.5 Å². The summed E-state index contributed by atoms with van der Waals surface area (Å²) in [5.74, 6) is 0. The minimum Gasteiger partial charge on any atom is -0.381 e. The van der Waals surface area contributed by atoms with Crippen molar-refractivity contribution in [3.05, 3.63) is 11.6 Å². The number of ether oxygens (including phenoxy) is 1. The highest BCUT2D eigenvalue weighted by molar-refractivity contribution is 5.03. The molecule has 0 spiro atoms. The highest BCUT2D eigenvalue weighted by Crippen LogP contribution is 2.21. The Balaban J connectivity index is 2.29. The average molecular weight is 154 g/mol. The highest BCUT2D eigenvalue weighted by atomic mass is 16.5. The van der Waals surface area contributed by atoms with Crippen LogP contribution in [0.1, 0.15) is 38.5 Å². The van der Waals surface area contributed by atoms with Crippen molar-refractivity contribution >= 4 is 0 Å². The molecule has 1 fully saturated rings. The summed E-state index contributed by atoms with van der Waals surface area (Å²) in [4.78, 5) is 0. The Bertz CT molecular complexity index is 117. The van der Waals surface area contributed by atoms with Crippen LogP contribution in [-0.4, -0.2) is 13.7 Å². The Morgan fingerprint density at radius 2 is 1.82 bits per heavy atom. The standard InChI is InChI=1S/C10H18O/c1-11-9-8-10-6-4-2-3-5-7-10/h8H,2-7,9H2,1H3. The number of hydrogen-bond acceptors (Lipinski definition) is 1. The summed E-state index contributed by atoms with van der Waals surface area (Å²) < 4.78 is 5.01. The van der Waals surface area contributed by atoms with E-state index in [1.807, 2.05) is 0 Å². The van der Waals surface area contributed by atoms with E-state index in [-0.39, 0.29) is 0 Å². The van der Waals surface area contributed by atoms with Gasteiger partial charge in [-0.2, -0.15) is 0 Å². The Hall–Kier alpha value is -0.300. The third-order valence-electron chi connectivity index (χ3n) is 2.28. The minimum absolute atomic E-state index is 0.801. The van der Waals surface area contributed by atoms with Crippen LogP contribution in [0.5, 0.6) is 0 Å². The van der Waals surface area contributed by atoms with Gasteiger partial charge in [0.25, 0.3) is 0 Å². The molecule has 0 N–H and O–H groups in total. The van der Waals surface area contributed by atoms with Crippen LogP contribution in [0.15, 0.2) is 11.6 Å². The van der Waals surface area contributed by atoms with Crippen molar-refractivity contribution in [2.24, 2.45) is 0 Å². The van der Waals surface area contributed by atoms with Crippen molar-refractivity contribution in [3.8, 4) is 0 Å². The maximum atomic E-state index is 5.01. The van der Waals surface area contributed by atoms with Crippen molar-refractivity contribution in [1.29, 1.82) is 0 Å². The van der Waals surface area contributed by atoms with Gasteiger partial charge in [0, 0.05) is 7.11 Å². The third kappa shape index (κ3) is 3.57. The summed E-state index contributed by atoms with van der Waals surface area (Å²) in [6.07, 6.45) is 10.5. The van der Waals surface area contributed by atoms with E-state index in [1.54, 1.807) is 12.7 Å². The van der Waals surface area contributed by atoms with Crippen LogP contribution in [-0.2, 0) is 4.74 Å². The van der Waals surface area contributed by atoms with Crippen molar-refractivity contribution in [3.63, 3.8) is 0 Å². The van der Waals surface area contributed by atoms with Gasteiger partial charge in [0.15, 0.2) is 0 Å². The maximum absolute atomic E-state index is 5.01. The lowest BCUT2D eigenvalue weighted by molar-refractivity contribution is 0.233. The molecule has 1 saturated carbocycles. The van der Waals surface area contributed by atoms with Crippen molar-refractivity contribution < 1.29 is 4.74 Å². The highest BCUT2D eigenvalue weighted by Gasteiger charge is 2.02. The molecule has 0 heterocycles. The fourth-order valence-corrected chi connectivity index (χ4v) is 1.59. The number of allylic oxidation sites excluding steroid dienone is 1. The maximum Gasteiger partial charge on any atom is 0.0646 e. The van der Waals surface area contributed by atoms with Gasteiger partial charge in [-0.25, -0.2) is 0 Å². The lowest BCUT2D eigenvalue weighted by Crippen LogP contribution is -1.87. The van der Waals surface area contributed by atoms with E-state index in [1.165, 1.54) is 38.5 Å². The van der Waals surface area contributed by atoms with Gasteiger partial charge in [0.05, 0.1) is 6.61 Å². The third-order valence-corrected chi connectivity index (χ3v) is 2.28. The van der Waals surface area contributed by atoms with Crippen LogP contribution in [0.4, 0.5) is 0 Å². The Labute approximate surface area is 69.4 Å². The summed E-state index contributed by atoms with van der Waals surface area (Å²) in [6, 6.07) is 0. The molecule has 1 rings (SSSR count). The molecule has 0 amide bonds. The second-order valence-electron chi connectivity index (χ2n) is 3.23. The summed E-state index contributed by atoms with van der Waals surface area (Å²) in [5, 5.41) is 0. The molecular formula is C10H18O. The fraction of sp³-hybridized carbons (Fsp3) is 0.800. The predicted octanol–water partition coefficient (Wildman–Crippen LogP) is 2.91. The van der Waals surface area contributed by atoms with Gasteiger partial charge in [-0.1, -0.05) is 24.5 Å². The first-order valence-electron chi connectivity index (χ1n) is 4.60. The quantitative estimate of drug-likeness (QED) is 0.439. The van der Waals surface area contributed by atoms with Gasteiger partial charge in [0.2, 0.25) is 0 Å². The smallest absolute Gasteiger partial charge is 0.0646 e. The summed E-state index contributed by atoms with van der Waals surface area (Å²) >= 11 is 0. The molecule has 0 aromatic heterocycles. The number of rotatable bonds is 2. The van der Waals surface area contributed by atoms with Crippen molar-refractivity contribution in [1.82, 2.24) is 0 Å². The SMILES string of the molecule is COCC=C1CCCCCC1. The van der Waals surface area contributed by atoms with Crippen LogP contribution in [0.3, 0.4) is 0 Å². The predicted molar refractivity (Wildman–Crippen MR) is 47.7 cm³/mol. The zero-order valence-corrected chi connectivity index (χ0v) is 7.44. The Kier molecular flexibility index (Phi) is 4.29. The lowest BCUT2D eigenvalue weighted by atomic mass is 10.1. The molecule has 0 aromatic rings. The summed E-state index contributed by atoms with van der Waals surface area (Å²) in [6.45, 7) is 0.801. The van der Waals surface area contributed by atoms with E-state index in [0.717, 1.165) is 6.61 Å². The number of methoxy groups -OCH3 is 1. The molecule has 0 radical (unpaired) electrons. The number of hydrogen-bond donors (Lipinski definition) is 0. The van der Waals surface area contributed by atoms with Crippen LogP contribution in [0.25, 0.3) is 0 Å².